The lowest BCUT2D eigenvalue weighted by molar-refractivity contribution is 0.0821. The van der Waals surface area contributed by atoms with Gasteiger partial charge in [-0.05, 0) is 39.8 Å². The molecule has 66 valence electrons. The summed E-state index contributed by atoms with van der Waals surface area (Å²) in [4.78, 5) is 2.24. The summed E-state index contributed by atoms with van der Waals surface area (Å²) in [6.07, 6.45) is 2.18. The first-order valence-electron chi connectivity index (χ1n) is 4.48. The number of hydrogen-bond donors (Lipinski definition) is 0. The Hall–Kier alpha value is -0.110. The molecule has 0 bridgehead atoms. The van der Waals surface area contributed by atoms with Crippen LogP contribution in [0.4, 0.5) is 4.39 Å². The molecule has 0 aromatic rings. The molecule has 1 rings (SSSR count). The molecule has 11 heavy (non-hydrogen) atoms. The van der Waals surface area contributed by atoms with Crippen LogP contribution in [0.1, 0.15) is 33.6 Å². The van der Waals surface area contributed by atoms with Crippen molar-refractivity contribution in [3.8, 4) is 0 Å². The maximum Gasteiger partial charge on any atom is 0.120 e. The number of alkyl halides is 1. The molecule has 1 saturated heterocycles. The first kappa shape index (κ1) is 8.98. The SMILES string of the molecule is CCN1CCC[C@H]1C(C)(C)F. The van der Waals surface area contributed by atoms with Gasteiger partial charge in [-0.1, -0.05) is 6.92 Å². The van der Waals surface area contributed by atoms with Gasteiger partial charge >= 0.3 is 0 Å². The van der Waals surface area contributed by atoms with Crippen LogP contribution >= 0.6 is 0 Å². The zero-order valence-electron chi connectivity index (χ0n) is 7.73. The topological polar surface area (TPSA) is 3.24 Å². The number of nitrogens with zero attached hydrogens (tertiary/aromatic N) is 1. The zero-order chi connectivity index (χ0) is 8.48. The summed E-state index contributed by atoms with van der Waals surface area (Å²) in [6, 6.07) is 0.160. The van der Waals surface area contributed by atoms with Crippen molar-refractivity contribution < 1.29 is 4.39 Å². The van der Waals surface area contributed by atoms with Crippen molar-refractivity contribution in [2.24, 2.45) is 0 Å². The number of hydrogen-bond acceptors (Lipinski definition) is 1. The third kappa shape index (κ3) is 1.92. The van der Waals surface area contributed by atoms with Crippen LogP contribution in [-0.4, -0.2) is 29.7 Å². The van der Waals surface area contributed by atoms with Crippen molar-refractivity contribution >= 4 is 0 Å². The summed E-state index contributed by atoms with van der Waals surface area (Å²) in [7, 11) is 0. The van der Waals surface area contributed by atoms with Crippen LogP contribution in [0.5, 0.6) is 0 Å². The Morgan fingerprint density at radius 1 is 1.55 bits per heavy atom. The fourth-order valence-electron chi connectivity index (χ4n) is 1.98. The fraction of sp³-hybridized carbons (Fsp3) is 1.00. The molecule has 0 aliphatic carbocycles. The Morgan fingerprint density at radius 3 is 2.55 bits per heavy atom. The molecule has 0 unspecified atom stereocenters. The van der Waals surface area contributed by atoms with Crippen LogP contribution in [0.25, 0.3) is 0 Å². The van der Waals surface area contributed by atoms with Gasteiger partial charge in [0.2, 0.25) is 0 Å². The lowest BCUT2D eigenvalue weighted by Crippen LogP contribution is -2.42. The average molecular weight is 159 g/mol. The lowest BCUT2D eigenvalue weighted by atomic mass is 9.99. The van der Waals surface area contributed by atoms with Crippen molar-refractivity contribution in [3.63, 3.8) is 0 Å². The molecule has 0 spiro atoms. The van der Waals surface area contributed by atoms with Crippen LogP contribution in [0.2, 0.25) is 0 Å². The second kappa shape index (κ2) is 3.10. The monoisotopic (exact) mass is 159 g/mol. The minimum Gasteiger partial charge on any atom is -0.298 e. The van der Waals surface area contributed by atoms with Gasteiger partial charge in [-0.2, -0.15) is 0 Å². The van der Waals surface area contributed by atoms with Crippen molar-refractivity contribution in [1.82, 2.24) is 4.90 Å². The highest BCUT2D eigenvalue weighted by Crippen LogP contribution is 2.28. The predicted octanol–water partition coefficient (Wildman–Crippen LogP) is 2.22. The van der Waals surface area contributed by atoms with Gasteiger partial charge in [0.05, 0.1) is 0 Å². The van der Waals surface area contributed by atoms with Gasteiger partial charge in [0.25, 0.3) is 0 Å². The molecule has 0 N–H and O–H groups in total. The predicted molar refractivity (Wildman–Crippen MR) is 45.5 cm³/mol. The first-order valence-corrected chi connectivity index (χ1v) is 4.48. The van der Waals surface area contributed by atoms with Gasteiger partial charge in [-0.3, -0.25) is 4.90 Å². The van der Waals surface area contributed by atoms with Crippen molar-refractivity contribution in [3.05, 3.63) is 0 Å². The molecule has 1 nitrogen and oxygen atoms in total. The van der Waals surface area contributed by atoms with E-state index in [1.54, 1.807) is 13.8 Å². The highest BCUT2D eigenvalue weighted by Gasteiger charge is 2.36. The Balaban J connectivity index is 2.57. The summed E-state index contributed by atoms with van der Waals surface area (Å²) in [5.41, 5.74) is -1.02. The quantitative estimate of drug-likeness (QED) is 0.597. The summed E-state index contributed by atoms with van der Waals surface area (Å²) >= 11 is 0. The molecule has 2 heteroatoms. The van der Waals surface area contributed by atoms with Crippen molar-refractivity contribution in [2.45, 2.75) is 45.3 Å². The van der Waals surface area contributed by atoms with E-state index in [0.29, 0.717) is 0 Å². The zero-order valence-corrected chi connectivity index (χ0v) is 7.73. The molecular weight excluding hydrogens is 141 g/mol. The van der Waals surface area contributed by atoms with E-state index >= 15 is 0 Å². The third-order valence-corrected chi connectivity index (χ3v) is 2.56. The molecule has 0 aromatic heterocycles. The van der Waals surface area contributed by atoms with E-state index in [-0.39, 0.29) is 6.04 Å². The normalized spacial score (nSPS) is 27.8. The van der Waals surface area contributed by atoms with Gasteiger partial charge in [0.15, 0.2) is 0 Å². The van der Waals surface area contributed by atoms with Crippen LogP contribution in [0.15, 0.2) is 0 Å². The van der Waals surface area contributed by atoms with E-state index in [9.17, 15) is 4.39 Å². The van der Waals surface area contributed by atoms with Gasteiger partial charge in [0.1, 0.15) is 5.67 Å². The molecule has 1 aliphatic heterocycles. The van der Waals surface area contributed by atoms with E-state index in [1.165, 1.54) is 0 Å². The summed E-state index contributed by atoms with van der Waals surface area (Å²) < 4.78 is 13.5. The molecule has 1 heterocycles. The molecular formula is C9H18FN. The summed E-state index contributed by atoms with van der Waals surface area (Å²) in [6.45, 7) is 7.54. The minimum absolute atomic E-state index is 0.160. The fourth-order valence-corrected chi connectivity index (χ4v) is 1.98. The first-order chi connectivity index (χ1) is 5.05. The molecule has 1 atom stereocenters. The maximum absolute atomic E-state index is 13.5. The molecule has 0 aromatic carbocycles. The van der Waals surface area contributed by atoms with Gasteiger partial charge in [-0.15, -0.1) is 0 Å². The number of rotatable bonds is 2. The van der Waals surface area contributed by atoms with Gasteiger partial charge < -0.3 is 0 Å². The van der Waals surface area contributed by atoms with E-state index in [1.807, 2.05) is 0 Å². The van der Waals surface area contributed by atoms with E-state index in [0.717, 1.165) is 25.9 Å². The van der Waals surface area contributed by atoms with E-state index < -0.39 is 5.67 Å². The molecule has 1 fully saturated rings. The van der Waals surface area contributed by atoms with Crippen molar-refractivity contribution in [2.75, 3.05) is 13.1 Å². The smallest absolute Gasteiger partial charge is 0.120 e. The Kier molecular flexibility index (Phi) is 2.53. The van der Waals surface area contributed by atoms with Crippen LogP contribution < -0.4 is 0 Å². The third-order valence-electron chi connectivity index (χ3n) is 2.56. The average Bonchev–Trinajstić information content (AvgIpc) is 2.31. The highest BCUT2D eigenvalue weighted by molar-refractivity contribution is 4.90. The molecule has 1 aliphatic rings. The van der Waals surface area contributed by atoms with Crippen LogP contribution in [-0.2, 0) is 0 Å². The number of halogens is 1. The van der Waals surface area contributed by atoms with Crippen LogP contribution in [0, 0.1) is 0 Å². The molecule has 0 radical (unpaired) electrons. The minimum atomic E-state index is -1.02. The van der Waals surface area contributed by atoms with E-state index in [4.69, 9.17) is 0 Å². The Labute approximate surface area is 68.6 Å². The molecule has 0 amide bonds. The van der Waals surface area contributed by atoms with E-state index in [2.05, 4.69) is 11.8 Å². The standard InChI is InChI=1S/C9H18FN/c1-4-11-7-5-6-8(11)9(2,3)10/h8H,4-7H2,1-3H3/t8-/m0/s1. The second-order valence-corrected chi connectivity index (χ2v) is 3.85. The van der Waals surface area contributed by atoms with Gasteiger partial charge in [-0.25, -0.2) is 4.39 Å². The molecule has 0 saturated carbocycles. The Bertz CT molecular complexity index is 128. The summed E-state index contributed by atoms with van der Waals surface area (Å²) in [5, 5.41) is 0. The van der Waals surface area contributed by atoms with Crippen LogP contribution in [0.3, 0.4) is 0 Å². The van der Waals surface area contributed by atoms with Gasteiger partial charge in [0, 0.05) is 6.04 Å². The second-order valence-electron chi connectivity index (χ2n) is 3.85. The highest BCUT2D eigenvalue weighted by atomic mass is 19.1. The lowest BCUT2D eigenvalue weighted by Gasteiger charge is -2.30. The van der Waals surface area contributed by atoms with Crippen molar-refractivity contribution in [1.29, 1.82) is 0 Å². The maximum atomic E-state index is 13.5. The summed E-state index contributed by atoms with van der Waals surface area (Å²) in [5.74, 6) is 0. The Morgan fingerprint density at radius 2 is 2.18 bits per heavy atom. The largest absolute Gasteiger partial charge is 0.298 e. The number of likely N-dealkylation sites (tertiary alicyclic amines) is 1.